The number of hydrogen-bond acceptors (Lipinski definition) is 4. The molecule has 0 unspecified atom stereocenters. The maximum atomic E-state index is 12.0. The summed E-state index contributed by atoms with van der Waals surface area (Å²) in [5.41, 5.74) is 4.18. The van der Waals surface area contributed by atoms with Crippen LogP contribution in [-0.4, -0.2) is 21.6 Å². The molecule has 19 heavy (non-hydrogen) atoms. The predicted octanol–water partition coefficient (Wildman–Crippen LogP) is 1.52. The Hall–Kier alpha value is -2.01. The molecule has 0 fully saturated rings. The van der Waals surface area contributed by atoms with Gasteiger partial charge < -0.3 is 9.72 Å². The average molecular weight is 257 g/mol. The maximum absolute atomic E-state index is 12.0. The van der Waals surface area contributed by atoms with E-state index >= 15 is 0 Å². The van der Waals surface area contributed by atoms with E-state index in [-0.39, 0.29) is 5.56 Å². The van der Waals surface area contributed by atoms with Crippen molar-refractivity contribution in [3.63, 3.8) is 0 Å². The molecular formula is C14H15N3O2. The number of aromatic amines is 1. The smallest absolute Gasteiger partial charge is 0.256 e. The molecular weight excluding hydrogens is 242 g/mol. The fraction of sp³-hybridized carbons (Fsp3) is 0.357. The number of nitrogens with zero attached hydrogens (tertiary/aromatic N) is 2. The fourth-order valence-corrected chi connectivity index (χ4v) is 2.32. The van der Waals surface area contributed by atoms with Gasteiger partial charge in [0, 0.05) is 12.6 Å². The zero-order chi connectivity index (χ0) is 13.4. The molecule has 1 aliphatic heterocycles. The highest BCUT2D eigenvalue weighted by Crippen LogP contribution is 2.19. The Labute approximate surface area is 110 Å². The van der Waals surface area contributed by atoms with Crippen molar-refractivity contribution >= 4 is 0 Å². The van der Waals surface area contributed by atoms with Gasteiger partial charge in [0.05, 0.1) is 24.5 Å². The Balaban J connectivity index is 2.15. The Morgan fingerprint density at radius 1 is 1.37 bits per heavy atom. The van der Waals surface area contributed by atoms with Gasteiger partial charge >= 0.3 is 0 Å². The van der Waals surface area contributed by atoms with Crippen molar-refractivity contribution in [3.8, 4) is 11.5 Å². The van der Waals surface area contributed by atoms with Crippen molar-refractivity contribution in [3.05, 3.63) is 45.0 Å². The first-order chi connectivity index (χ1) is 9.15. The molecule has 2 aromatic rings. The van der Waals surface area contributed by atoms with Crippen LogP contribution in [0.5, 0.6) is 0 Å². The number of ether oxygens (including phenoxy) is 1. The van der Waals surface area contributed by atoms with E-state index in [1.807, 2.05) is 19.9 Å². The highest BCUT2D eigenvalue weighted by Gasteiger charge is 2.17. The monoisotopic (exact) mass is 257 g/mol. The van der Waals surface area contributed by atoms with Crippen LogP contribution in [0.15, 0.2) is 17.1 Å². The van der Waals surface area contributed by atoms with Crippen LogP contribution in [0.1, 0.15) is 22.4 Å². The third-order valence-corrected chi connectivity index (χ3v) is 3.27. The molecule has 0 radical (unpaired) electrons. The summed E-state index contributed by atoms with van der Waals surface area (Å²) in [5, 5.41) is 0. The van der Waals surface area contributed by atoms with Crippen LogP contribution in [0, 0.1) is 13.8 Å². The van der Waals surface area contributed by atoms with E-state index in [0.717, 1.165) is 22.5 Å². The van der Waals surface area contributed by atoms with Gasteiger partial charge in [-0.25, -0.2) is 4.98 Å². The standard InChI is InChI=1S/C14H15N3O2/c1-8-5-9(2)12(15-6-8)13-16-11-3-4-19-7-10(11)14(18)17-13/h5-6H,3-4,7H2,1-2H3,(H,16,17,18). The lowest BCUT2D eigenvalue weighted by atomic mass is 10.1. The lowest BCUT2D eigenvalue weighted by Crippen LogP contribution is -2.24. The molecule has 5 nitrogen and oxygen atoms in total. The van der Waals surface area contributed by atoms with Crippen LogP contribution in [0.3, 0.4) is 0 Å². The highest BCUT2D eigenvalue weighted by atomic mass is 16.5. The molecule has 0 aliphatic carbocycles. The van der Waals surface area contributed by atoms with Crippen molar-refractivity contribution in [1.82, 2.24) is 15.0 Å². The molecule has 1 N–H and O–H groups in total. The van der Waals surface area contributed by atoms with Gasteiger partial charge in [-0.2, -0.15) is 0 Å². The van der Waals surface area contributed by atoms with Crippen LogP contribution < -0.4 is 5.56 Å². The number of fused-ring (bicyclic) bond motifs is 1. The summed E-state index contributed by atoms with van der Waals surface area (Å²) in [4.78, 5) is 23.7. The van der Waals surface area contributed by atoms with Gasteiger partial charge in [-0.1, -0.05) is 6.07 Å². The lowest BCUT2D eigenvalue weighted by Gasteiger charge is -2.15. The molecule has 3 heterocycles. The Kier molecular flexibility index (Phi) is 2.91. The van der Waals surface area contributed by atoms with E-state index in [1.54, 1.807) is 6.20 Å². The third-order valence-electron chi connectivity index (χ3n) is 3.27. The van der Waals surface area contributed by atoms with Crippen molar-refractivity contribution < 1.29 is 4.74 Å². The van der Waals surface area contributed by atoms with Crippen LogP contribution in [0.2, 0.25) is 0 Å². The number of pyridine rings is 1. The Morgan fingerprint density at radius 2 is 2.21 bits per heavy atom. The first-order valence-corrected chi connectivity index (χ1v) is 6.28. The molecule has 0 saturated heterocycles. The van der Waals surface area contributed by atoms with Crippen molar-refractivity contribution in [2.24, 2.45) is 0 Å². The Morgan fingerprint density at radius 3 is 3.00 bits per heavy atom. The van der Waals surface area contributed by atoms with Gasteiger partial charge in [0.25, 0.3) is 5.56 Å². The van der Waals surface area contributed by atoms with E-state index in [2.05, 4.69) is 15.0 Å². The summed E-state index contributed by atoms with van der Waals surface area (Å²) < 4.78 is 5.29. The minimum Gasteiger partial charge on any atom is -0.376 e. The van der Waals surface area contributed by atoms with Crippen molar-refractivity contribution in [2.75, 3.05) is 6.61 Å². The molecule has 0 amide bonds. The highest BCUT2D eigenvalue weighted by molar-refractivity contribution is 5.55. The van der Waals surface area contributed by atoms with E-state index in [4.69, 9.17) is 4.74 Å². The second-order valence-electron chi connectivity index (χ2n) is 4.82. The number of aromatic nitrogens is 3. The fourth-order valence-electron chi connectivity index (χ4n) is 2.32. The van der Waals surface area contributed by atoms with Gasteiger partial charge in [-0.05, 0) is 25.0 Å². The minimum absolute atomic E-state index is 0.124. The zero-order valence-corrected chi connectivity index (χ0v) is 11.0. The second kappa shape index (κ2) is 4.59. The normalized spacial score (nSPS) is 14.2. The summed E-state index contributed by atoms with van der Waals surface area (Å²) in [7, 11) is 0. The van der Waals surface area contributed by atoms with E-state index in [1.165, 1.54) is 0 Å². The number of H-pyrrole nitrogens is 1. The molecule has 3 rings (SSSR count). The average Bonchev–Trinajstić information content (AvgIpc) is 2.38. The van der Waals surface area contributed by atoms with E-state index in [9.17, 15) is 4.79 Å². The third kappa shape index (κ3) is 2.17. The summed E-state index contributed by atoms with van der Waals surface area (Å²) in [6, 6.07) is 2.03. The van der Waals surface area contributed by atoms with Crippen LogP contribution in [0.25, 0.3) is 11.5 Å². The van der Waals surface area contributed by atoms with Crippen molar-refractivity contribution in [2.45, 2.75) is 26.9 Å². The van der Waals surface area contributed by atoms with Crippen LogP contribution in [-0.2, 0) is 17.8 Å². The molecule has 0 saturated carbocycles. The number of hydrogen-bond donors (Lipinski definition) is 1. The molecule has 0 atom stereocenters. The summed E-state index contributed by atoms with van der Waals surface area (Å²) in [6.07, 6.45) is 2.46. The van der Waals surface area contributed by atoms with Gasteiger partial charge in [0.2, 0.25) is 0 Å². The van der Waals surface area contributed by atoms with Gasteiger partial charge in [-0.15, -0.1) is 0 Å². The van der Waals surface area contributed by atoms with Crippen LogP contribution >= 0.6 is 0 Å². The van der Waals surface area contributed by atoms with E-state index < -0.39 is 0 Å². The first kappa shape index (κ1) is 12.0. The predicted molar refractivity (Wildman–Crippen MR) is 70.9 cm³/mol. The second-order valence-corrected chi connectivity index (χ2v) is 4.82. The minimum atomic E-state index is -0.124. The summed E-state index contributed by atoms with van der Waals surface area (Å²) in [6.45, 7) is 4.92. The molecule has 2 aromatic heterocycles. The quantitative estimate of drug-likeness (QED) is 0.841. The molecule has 5 heteroatoms. The summed E-state index contributed by atoms with van der Waals surface area (Å²) in [5.74, 6) is 0.545. The van der Waals surface area contributed by atoms with Gasteiger partial charge in [-0.3, -0.25) is 9.78 Å². The van der Waals surface area contributed by atoms with Crippen molar-refractivity contribution in [1.29, 1.82) is 0 Å². The van der Waals surface area contributed by atoms with E-state index in [0.29, 0.717) is 31.0 Å². The van der Waals surface area contributed by atoms with Crippen LogP contribution in [0.4, 0.5) is 0 Å². The molecule has 1 aliphatic rings. The molecule has 0 bridgehead atoms. The molecule has 0 spiro atoms. The first-order valence-electron chi connectivity index (χ1n) is 6.28. The SMILES string of the molecule is Cc1cnc(-c2nc3c(c(=O)[nH]2)COCC3)c(C)c1. The largest absolute Gasteiger partial charge is 0.376 e. The maximum Gasteiger partial charge on any atom is 0.256 e. The zero-order valence-electron chi connectivity index (χ0n) is 11.0. The number of rotatable bonds is 1. The number of nitrogens with one attached hydrogen (secondary N) is 1. The topological polar surface area (TPSA) is 67.9 Å². The molecule has 0 aromatic carbocycles. The van der Waals surface area contributed by atoms with Gasteiger partial charge in [0.1, 0.15) is 5.69 Å². The molecule has 98 valence electrons. The Bertz CT molecular complexity index is 692. The summed E-state index contributed by atoms with van der Waals surface area (Å²) >= 11 is 0. The van der Waals surface area contributed by atoms with Gasteiger partial charge in [0.15, 0.2) is 5.82 Å². The number of aryl methyl sites for hydroxylation is 2. The lowest BCUT2D eigenvalue weighted by molar-refractivity contribution is 0.108.